The third kappa shape index (κ3) is 4.87. The molecule has 6 heteroatoms. The third-order valence-corrected chi connectivity index (χ3v) is 5.34. The van der Waals surface area contributed by atoms with Crippen LogP contribution in [0.4, 0.5) is 5.69 Å². The van der Waals surface area contributed by atoms with Gasteiger partial charge in [0, 0.05) is 26.1 Å². The van der Waals surface area contributed by atoms with E-state index in [2.05, 4.69) is 19.2 Å². The summed E-state index contributed by atoms with van der Waals surface area (Å²) in [5, 5.41) is 2.84. The van der Waals surface area contributed by atoms with Crippen LogP contribution in [0.3, 0.4) is 0 Å². The van der Waals surface area contributed by atoms with Crippen LogP contribution in [0.1, 0.15) is 49.9 Å². The van der Waals surface area contributed by atoms with Crippen LogP contribution in [-0.2, 0) is 9.59 Å². The molecule has 2 saturated heterocycles. The molecule has 0 aromatic heterocycles. The number of hydrogen-bond donors (Lipinski definition) is 1. The van der Waals surface area contributed by atoms with E-state index < -0.39 is 0 Å². The molecule has 0 radical (unpaired) electrons. The number of nitrogens with zero attached hydrogens (tertiary/aromatic N) is 2. The molecule has 146 valence electrons. The van der Waals surface area contributed by atoms with Gasteiger partial charge in [0.25, 0.3) is 5.91 Å². The molecule has 2 atom stereocenters. The molecule has 1 aromatic rings. The highest BCUT2D eigenvalue weighted by Gasteiger charge is 2.28. The molecule has 2 aliphatic rings. The molecule has 2 fully saturated rings. The number of piperidine rings is 2. The smallest absolute Gasteiger partial charge is 0.255 e. The van der Waals surface area contributed by atoms with E-state index in [1.165, 1.54) is 0 Å². The highest BCUT2D eigenvalue weighted by molar-refractivity contribution is 6.04. The normalized spacial score (nSPS) is 23.3. The molecule has 1 aromatic carbocycles. The molecule has 2 unspecified atom stereocenters. The van der Waals surface area contributed by atoms with Gasteiger partial charge in [-0.3, -0.25) is 14.4 Å². The first-order valence-corrected chi connectivity index (χ1v) is 9.90. The largest absolute Gasteiger partial charge is 0.338 e. The molecule has 3 rings (SSSR count). The fourth-order valence-electron chi connectivity index (χ4n) is 4.17. The van der Waals surface area contributed by atoms with Crippen molar-refractivity contribution in [3.05, 3.63) is 29.8 Å². The zero-order valence-electron chi connectivity index (χ0n) is 16.2. The lowest BCUT2D eigenvalue weighted by atomic mass is 9.91. The SMILES string of the molecule is CC1CC(C)CN(C(=O)c2ccccc2NC(=O)CN2CCCCC2=O)C1. The summed E-state index contributed by atoms with van der Waals surface area (Å²) in [6.45, 7) is 6.48. The van der Waals surface area contributed by atoms with Gasteiger partial charge in [-0.2, -0.15) is 0 Å². The van der Waals surface area contributed by atoms with E-state index in [1.54, 1.807) is 23.1 Å². The predicted octanol–water partition coefficient (Wildman–Crippen LogP) is 2.76. The highest BCUT2D eigenvalue weighted by atomic mass is 16.2. The minimum Gasteiger partial charge on any atom is -0.338 e. The Hall–Kier alpha value is -2.37. The molecule has 0 bridgehead atoms. The molecule has 1 N–H and O–H groups in total. The molecule has 0 saturated carbocycles. The van der Waals surface area contributed by atoms with Gasteiger partial charge in [0.15, 0.2) is 0 Å². The molecular formula is C21H29N3O3. The lowest BCUT2D eigenvalue weighted by molar-refractivity contribution is -0.136. The van der Waals surface area contributed by atoms with Crippen molar-refractivity contribution < 1.29 is 14.4 Å². The summed E-state index contributed by atoms with van der Waals surface area (Å²) in [5.41, 5.74) is 1.03. The maximum Gasteiger partial charge on any atom is 0.255 e. The van der Waals surface area contributed by atoms with Crippen molar-refractivity contribution in [2.75, 3.05) is 31.5 Å². The van der Waals surface area contributed by atoms with Crippen LogP contribution in [0.15, 0.2) is 24.3 Å². The van der Waals surface area contributed by atoms with Gasteiger partial charge in [-0.1, -0.05) is 26.0 Å². The van der Waals surface area contributed by atoms with Crippen LogP contribution in [0.2, 0.25) is 0 Å². The summed E-state index contributed by atoms with van der Waals surface area (Å²) in [6, 6.07) is 7.13. The fourth-order valence-corrected chi connectivity index (χ4v) is 4.17. The third-order valence-electron chi connectivity index (χ3n) is 5.34. The van der Waals surface area contributed by atoms with Crippen LogP contribution in [0.25, 0.3) is 0 Å². The number of carbonyl (C=O) groups is 3. The van der Waals surface area contributed by atoms with Crippen molar-refractivity contribution in [3.8, 4) is 0 Å². The Kier molecular flexibility index (Phi) is 6.14. The number of anilines is 1. The van der Waals surface area contributed by atoms with Gasteiger partial charge in [0.1, 0.15) is 0 Å². The van der Waals surface area contributed by atoms with E-state index >= 15 is 0 Å². The molecule has 3 amide bonds. The van der Waals surface area contributed by atoms with Gasteiger partial charge in [-0.05, 0) is 43.2 Å². The first-order chi connectivity index (χ1) is 12.9. The van der Waals surface area contributed by atoms with Crippen LogP contribution in [0.5, 0.6) is 0 Å². The van der Waals surface area contributed by atoms with Gasteiger partial charge >= 0.3 is 0 Å². The molecule has 0 spiro atoms. The van der Waals surface area contributed by atoms with E-state index in [0.717, 1.165) is 32.4 Å². The van der Waals surface area contributed by atoms with E-state index in [1.807, 2.05) is 11.0 Å². The van der Waals surface area contributed by atoms with Crippen LogP contribution < -0.4 is 5.32 Å². The lowest BCUT2D eigenvalue weighted by Crippen LogP contribution is -2.43. The zero-order valence-corrected chi connectivity index (χ0v) is 16.2. The molecule has 6 nitrogen and oxygen atoms in total. The first-order valence-electron chi connectivity index (χ1n) is 9.90. The minimum absolute atomic E-state index is 0.0250. The van der Waals surface area contributed by atoms with Crippen molar-refractivity contribution in [2.24, 2.45) is 11.8 Å². The maximum atomic E-state index is 13.0. The second kappa shape index (κ2) is 8.55. The quantitative estimate of drug-likeness (QED) is 0.885. The second-order valence-electron chi connectivity index (χ2n) is 8.02. The Labute approximate surface area is 160 Å². The minimum atomic E-state index is -0.258. The Bertz CT molecular complexity index is 708. The Balaban J connectivity index is 1.69. The summed E-state index contributed by atoms with van der Waals surface area (Å²) < 4.78 is 0. The van der Waals surface area contributed by atoms with E-state index in [0.29, 0.717) is 36.1 Å². The summed E-state index contributed by atoms with van der Waals surface area (Å²) in [7, 11) is 0. The number of amides is 3. The average molecular weight is 371 g/mol. The van der Waals surface area contributed by atoms with Gasteiger partial charge in [-0.25, -0.2) is 0 Å². The maximum absolute atomic E-state index is 13.0. The topological polar surface area (TPSA) is 69.7 Å². The molecule has 27 heavy (non-hydrogen) atoms. The standard InChI is InChI=1S/C21H29N3O3/c1-15-11-16(2)13-24(12-15)21(27)17-7-3-4-8-18(17)22-19(25)14-23-10-6-5-9-20(23)26/h3-4,7-8,15-16H,5-6,9-14H2,1-2H3,(H,22,25). The number of rotatable bonds is 4. The van der Waals surface area contributed by atoms with Crippen molar-refractivity contribution in [1.82, 2.24) is 9.80 Å². The average Bonchev–Trinajstić information content (AvgIpc) is 2.63. The Morgan fingerprint density at radius 2 is 1.81 bits per heavy atom. The highest BCUT2D eigenvalue weighted by Crippen LogP contribution is 2.25. The van der Waals surface area contributed by atoms with Gasteiger partial charge in [0.05, 0.1) is 17.8 Å². The van der Waals surface area contributed by atoms with Gasteiger partial charge in [-0.15, -0.1) is 0 Å². The van der Waals surface area contributed by atoms with Crippen LogP contribution >= 0.6 is 0 Å². The molecule has 2 aliphatic heterocycles. The Morgan fingerprint density at radius 1 is 1.11 bits per heavy atom. The number of likely N-dealkylation sites (tertiary alicyclic amines) is 2. The summed E-state index contributed by atoms with van der Waals surface area (Å²) >= 11 is 0. The van der Waals surface area contributed by atoms with E-state index in [9.17, 15) is 14.4 Å². The molecule has 2 heterocycles. The number of benzene rings is 1. The van der Waals surface area contributed by atoms with Crippen molar-refractivity contribution in [2.45, 2.75) is 39.5 Å². The predicted molar refractivity (Wildman–Crippen MR) is 104 cm³/mol. The Morgan fingerprint density at radius 3 is 2.52 bits per heavy atom. The first kappa shape index (κ1) is 19.4. The molecule has 0 aliphatic carbocycles. The number of nitrogens with one attached hydrogen (secondary N) is 1. The monoisotopic (exact) mass is 371 g/mol. The van der Waals surface area contributed by atoms with Crippen LogP contribution in [-0.4, -0.2) is 53.7 Å². The number of para-hydroxylation sites is 1. The van der Waals surface area contributed by atoms with E-state index in [4.69, 9.17) is 0 Å². The zero-order chi connectivity index (χ0) is 19.4. The van der Waals surface area contributed by atoms with Gasteiger partial charge in [0.2, 0.25) is 11.8 Å². The number of hydrogen-bond acceptors (Lipinski definition) is 3. The number of carbonyl (C=O) groups excluding carboxylic acids is 3. The lowest BCUT2D eigenvalue weighted by Gasteiger charge is -2.35. The summed E-state index contributed by atoms with van der Waals surface area (Å²) in [6.07, 6.45) is 3.46. The van der Waals surface area contributed by atoms with Crippen molar-refractivity contribution >= 4 is 23.4 Å². The second-order valence-corrected chi connectivity index (χ2v) is 8.02. The van der Waals surface area contributed by atoms with Crippen molar-refractivity contribution in [1.29, 1.82) is 0 Å². The van der Waals surface area contributed by atoms with Gasteiger partial charge < -0.3 is 15.1 Å². The van der Waals surface area contributed by atoms with Crippen LogP contribution in [0, 0.1) is 11.8 Å². The summed E-state index contributed by atoms with van der Waals surface area (Å²) in [4.78, 5) is 40.9. The van der Waals surface area contributed by atoms with E-state index in [-0.39, 0.29) is 24.3 Å². The van der Waals surface area contributed by atoms with Crippen molar-refractivity contribution in [3.63, 3.8) is 0 Å². The fraction of sp³-hybridized carbons (Fsp3) is 0.571. The summed E-state index contributed by atoms with van der Waals surface area (Å²) in [5.74, 6) is 0.676. The molecular weight excluding hydrogens is 342 g/mol.